The van der Waals surface area contributed by atoms with Gasteiger partial charge in [0.05, 0.1) is 0 Å². The average Bonchev–Trinajstić information content (AvgIpc) is 2.63. The van der Waals surface area contributed by atoms with Crippen molar-refractivity contribution in [1.82, 2.24) is 0 Å². The number of alkyl halides is 3. The fourth-order valence-corrected chi connectivity index (χ4v) is 2.31. The van der Waals surface area contributed by atoms with Crippen molar-refractivity contribution in [3.63, 3.8) is 0 Å². The normalized spacial score (nSPS) is 11.5. The van der Waals surface area contributed by atoms with E-state index in [1.807, 2.05) is 18.4 Å². The third kappa shape index (κ3) is 3.23. The standard InChI is InChI=1S/C12H9F3OS/c1-8-6-11(17-7-8)9-2-4-10(5-3-9)16-12(13,14)15/h2-7H,1H3. The zero-order chi connectivity index (χ0) is 12.5. The van der Waals surface area contributed by atoms with Crippen LogP contribution in [-0.2, 0) is 0 Å². The van der Waals surface area contributed by atoms with E-state index in [2.05, 4.69) is 4.74 Å². The van der Waals surface area contributed by atoms with Crippen LogP contribution in [0.1, 0.15) is 5.56 Å². The summed E-state index contributed by atoms with van der Waals surface area (Å²) < 4.78 is 39.6. The van der Waals surface area contributed by atoms with E-state index in [0.29, 0.717) is 0 Å². The second kappa shape index (κ2) is 4.41. The Morgan fingerprint density at radius 1 is 1.12 bits per heavy atom. The zero-order valence-corrected chi connectivity index (χ0v) is 9.73. The lowest BCUT2D eigenvalue weighted by atomic mass is 10.1. The molecular weight excluding hydrogens is 249 g/mol. The molecule has 0 fully saturated rings. The van der Waals surface area contributed by atoms with Crippen LogP contribution >= 0.6 is 11.3 Å². The molecular formula is C12H9F3OS. The first-order chi connectivity index (χ1) is 7.94. The van der Waals surface area contributed by atoms with Crippen LogP contribution in [0.3, 0.4) is 0 Å². The Morgan fingerprint density at radius 2 is 1.76 bits per heavy atom. The maximum atomic E-state index is 11.9. The van der Waals surface area contributed by atoms with E-state index < -0.39 is 6.36 Å². The lowest BCUT2D eigenvalue weighted by molar-refractivity contribution is -0.274. The van der Waals surface area contributed by atoms with Gasteiger partial charge in [0.25, 0.3) is 0 Å². The first-order valence-corrected chi connectivity index (χ1v) is 5.73. The Balaban J connectivity index is 2.19. The molecule has 90 valence electrons. The molecule has 1 aromatic carbocycles. The molecule has 0 atom stereocenters. The molecule has 2 aromatic rings. The summed E-state index contributed by atoms with van der Waals surface area (Å²) in [6, 6.07) is 7.86. The van der Waals surface area contributed by atoms with E-state index in [1.54, 1.807) is 23.5 Å². The Kier molecular flexibility index (Phi) is 3.11. The first-order valence-electron chi connectivity index (χ1n) is 4.85. The maximum Gasteiger partial charge on any atom is 0.573 e. The third-order valence-corrected chi connectivity index (χ3v) is 3.20. The lowest BCUT2D eigenvalue weighted by Gasteiger charge is -2.08. The molecule has 0 amide bonds. The molecule has 17 heavy (non-hydrogen) atoms. The van der Waals surface area contributed by atoms with Crippen molar-refractivity contribution in [1.29, 1.82) is 0 Å². The lowest BCUT2D eigenvalue weighted by Crippen LogP contribution is -2.16. The van der Waals surface area contributed by atoms with E-state index in [9.17, 15) is 13.2 Å². The summed E-state index contributed by atoms with van der Waals surface area (Å²) in [7, 11) is 0. The highest BCUT2D eigenvalue weighted by atomic mass is 32.1. The van der Waals surface area contributed by atoms with Crippen LogP contribution in [0.5, 0.6) is 5.75 Å². The van der Waals surface area contributed by atoms with Gasteiger partial charge in [0.15, 0.2) is 0 Å². The fourth-order valence-electron chi connectivity index (χ4n) is 1.40. The van der Waals surface area contributed by atoms with Crippen LogP contribution in [0.4, 0.5) is 13.2 Å². The molecule has 0 saturated heterocycles. The third-order valence-electron chi connectivity index (χ3n) is 2.10. The number of ether oxygens (including phenoxy) is 1. The summed E-state index contributed by atoms with van der Waals surface area (Å²) in [5, 5.41) is 2.00. The highest BCUT2D eigenvalue weighted by Gasteiger charge is 2.30. The number of rotatable bonds is 2. The molecule has 0 unspecified atom stereocenters. The van der Waals surface area contributed by atoms with Crippen molar-refractivity contribution >= 4 is 11.3 Å². The molecule has 0 aliphatic carbocycles. The Hall–Kier alpha value is -1.49. The Bertz CT molecular complexity index is 499. The molecule has 0 radical (unpaired) electrons. The average molecular weight is 258 g/mol. The highest BCUT2D eigenvalue weighted by molar-refractivity contribution is 7.13. The topological polar surface area (TPSA) is 9.23 Å². The number of thiophene rings is 1. The minimum Gasteiger partial charge on any atom is -0.406 e. The van der Waals surface area contributed by atoms with Crippen LogP contribution < -0.4 is 4.74 Å². The molecule has 1 aromatic heterocycles. The number of hydrogen-bond acceptors (Lipinski definition) is 2. The quantitative estimate of drug-likeness (QED) is 0.763. The fraction of sp³-hybridized carbons (Fsp3) is 0.167. The van der Waals surface area contributed by atoms with Gasteiger partial charge in [-0.1, -0.05) is 0 Å². The van der Waals surface area contributed by atoms with Crippen molar-refractivity contribution in [2.75, 3.05) is 0 Å². The number of benzene rings is 1. The minimum atomic E-state index is -4.64. The molecule has 0 N–H and O–H groups in total. The summed E-state index contributed by atoms with van der Waals surface area (Å²) in [4.78, 5) is 1.03. The van der Waals surface area contributed by atoms with Crippen molar-refractivity contribution in [2.45, 2.75) is 13.3 Å². The summed E-state index contributed by atoms with van der Waals surface area (Å²) in [6.45, 7) is 1.97. The van der Waals surface area contributed by atoms with Crippen LogP contribution in [0.15, 0.2) is 35.7 Å². The van der Waals surface area contributed by atoms with Crippen LogP contribution in [0, 0.1) is 6.92 Å². The summed E-state index contributed by atoms with van der Waals surface area (Å²) in [6.07, 6.45) is -4.64. The zero-order valence-electron chi connectivity index (χ0n) is 8.91. The van der Waals surface area contributed by atoms with Crippen LogP contribution in [-0.4, -0.2) is 6.36 Å². The number of halogens is 3. The van der Waals surface area contributed by atoms with Crippen molar-refractivity contribution in [3.05, 3.63) is 41.3 Å². The van der Waals surface area contributed by atoms with Gasteiger partial charge in [-0.05, 0) is 53.8 Å². The Morgan fingerprint density at radius 3 is 2.24 bits per heavy atom. The predicted octanol–water partition coefficient (Wildman–Crippen LogP) is 4.62. The van der Waals surface area contributed by atoms with E-state index in [0.717, 1.165) is 16.0 Å². The largest absolute Gasteiger partial charge is 0.573 e. The molecule has 0 spiro atoms. The summed E-state index contributed by atoms with van der Waals surface area (Å²) in [5.41, 5.74) is 2.03. The maximum absolute atomic E-state index is 11.9. The minimum absolute atomic E-state index is 0.200. The smallest absolute Gasteiger partial charge is 0.406 e. The van der Waals surface area contributed by atoms with Gasteiger partial charge in [-0.2, -0.15) is 0 Å². The van der Waals surface area contributed by atoms with Gasteiger partial charge in [-0.15, -0.1) is 24.5 Å². The molecule has 0 aliphatic heterocycles. The molecule has 0 bridgehead atoms. The van der Waals surface area contributed by atoms with Crippen LogP contribution in [0.2, 0.25) is 0 Å². The predicted molar refractivity (Wildman–Crippen MR) is 61.2 cm³/mol. The molecule has 2 rings (SSSR count). The van der Waals surface area contributed by atoms with Crippen molar-refractivity contribution in [2.24, 2.45) is 0 Å². The summed E-state index contributed by atoms with van der Waals surface area (Å²) >= 11 is 1.56. The van der Waals surface area contributed by atoms with Gasteiger partial charge >= 0.3 is 6.36 Å². The molecule has 0 aliphatic rings. The van der Waals surface area contributed by atoms with Crippen molar-refractivity contribution < 1.29 is 17.9 Å². The van der Waals surface area contributed by atoms with Gasteiger partial charge in [0, 0.05) is 4.88 Å². The van der Waals surface area contributed by atoms with E-state index in [-0.39, 0.29) is 5.75 Å². The van der Waals surface area contributed by atoms with Gasteiger partial charge in [-0.3, -0.25) is 0 Å². The van der Waals surface area contributed by atoms with E-state index >= 15 is 0 Å². The second-order valence-electron chi connectivity index (χ2n) is 3.56. The SMILES string of the molecule is Cc1csc(-c2ccc(OC(F)(F)F)cc2)c1. The number of hydrogen-bond donors (Lipinski definition) is 0. The second-order valence-corrected chi connectivity index (χ2v) is 4.47. The van der Waals surface area contributed by atoms with Gasteiger partial charge in [-0.25, -0.2) is 0 Å². The van der Waals surface area contributed by atoms with E-state index in [4.69, 9.17) is 0 Å². The van der Waals surface area contributed by atoms with E-state index in [1.165, 1.54) is 12.1 Å². The Labute approximate surface area is 100 Å². The molecule has 0 saturated carbocycles. The molecule has 1 heterocycles. The van der Waals surface area contributed by atoms with Crippen molar-refractivity contribution in [3.8, 4) is 16.2 Å². The summed E-state index contributed by atoms with van der Waals surface area (Å²) in [5.74, 6) is -0.200. The molecule has 1 nitrogen and oxygen atoms in total. The van der Waals surface area contributed by atoms with Gasteiger partial charge < -0.3 is 4.74 Å². The van der Waals surface area contributed by atoms with Crippen LogP contribution in [0.25, 0.3) is 10.4 Å². The first kappa shape index (κ1) is 12.0. The monoisotopic (exact) mass is 258 g/mol. The number of aryl methyl sites for hydroxylation is 1. The molecule has 5 heteroatoms. The highest BCUT2D eigenvalue weighted by Crippen LogP contribution is 2.29. The van der Waals surface area contributed by atoms with Gasteiger partial charge in [0.2, 0.25) is 0 Å². The van der Waals surface area contributed by atoms with Gasteiger partial charge in [0.1, 0.15) is 5.75 Å².